The average Bonchev–Trinajstić information content (AvgIpc) is 2.45. The first-order valence-corrected chi connectivity index (χ1v) is 3.93. The van der Waals surface area contributed by atoms with Crippen LogP contribution in [0.25, 0.3) is 0 Å². The number of alkyl halides is 1. The molecule has 2 unspecified atom stereocenters. The Balaban J connectivity index is 2.48. The molecule has 0 radical (unpaired) electrons. The number of rotatable bonds is 2. The number of hydrogen-bond acceptors (Lipinski definition) is 3. The van der Waals surface area contributed by atoms with E-state index in [1.807, 2.05) is 0 Å². The van der Waals surface area contributed by atoms with Gasteiger partial charge in [-0.05, 0) is 12.8 Å². The number of methoxy groups -OCH3 is 2. The van der Waals surface area contributed by atoms with E-state index in [4.69, 9.17) is 4.74 Å². The van der Waals surface area contributed by atoms with Gasteiger partial charge >= 0.3 is 5.97 Å². The molecule has 3 nitrogen and oxygen atoms in total. The van der Waals surface area contributed by atoms with Crippen LogP contribution in [0.15, 0.2) is 0 Å². The fraction of sp³-hybridized carbons (Fsp3) is 0.875. The standard InChI is InChI=1S/C8H13FO3/c1-11-7-4-5(3-6(7)9)8(10)12-2/h5-7H,3-4H2,1-2H3/t5?,6?,7-/m0/s1. The SMILES string of the molecule is COC(=O)C1CC(F)[C@@H](OC)C1. The lowest BCUT2D eigenvalue weighted by Gasteiger charge is -2.08. The summed E-state index contributed by atoms with van der Waals surface area (Å²) in [4.78, 5) is 11.0. The molecule has 4 heteroatoms. The molecule has 70 valence electrons. The van der Waals surface area contributed by atoms with E-state index in [1.165, 1.54) is 14.2 Å². The van der Waals surface area contributed by atoms with E-state index >= 15 is 0 Å². The van der Waals surface area contributed by atoms with E-state index in [1.54, 1.807) is 0 Å². The van der Waals surface area contributed by atoms with Crippen molar-refractivity contribution >= 4 is 5.97 Å². The minimum atomic E-state index is -1.03. The first-order chi connectivity index (χ1) is 5.69. The predicted molar refractivity (Wildman–Crippen MR) is 40.4 cm³/mol. The fourth-order valence-electron chi connectivity index (χ4n) is 1.55. The van der Waals surface area contributed by atoms with Crippen molar-refractivity contribution in [3.05, 3.63) is 0 Å². The monoisotopic (exact) mass is 176 g/mol. The van der Waals surface area contributed by atoms with E-state index in [0.29, 0.717) is 6.42 Å². The molecule has 0 aromatic rings. The van der Waals surface area contributed by atoms with Crippen LogP contribution in [0.2, 0.25) is 0 Å². The molecular formula is C8H13FO3. The summed E-state index contributed by atoms with van der Waals surface area (Å²) in [5.41, 5.74) is 0. The summed E-state index contributed by atoms with van der Waals surface area (Å²) in [5, 5.41) is 0. The number of carbonyl (C=O) groups excluding carboxylic acids is 1. The highest BCUT2D eigenvalue weighted by Crippen LogP contribution is 2.30. The van der Waals surface area contributed by atoms with Crippen molar-refractivity contribution in [2.24, 2.45) is 5.92 Å². The van der Waals surface area contributed by atoms with Crippen LogP contribution in [0, 0.1) is 5.92 Å². The topological polar surface area (TPSA) is 35.5 Å². The molecular weight excluding hydrogens is 163 g/mol. The van der Waals surface area contributed by atoms with Crippen LogP contribution < -0.4 is 0 Å². The highest BCUT2D eigenvalue weighted by Gasteiger charge is 2.38. The van der Waals surface area contributed by atoms with Crippen molar-refractivity contribution in [2.75, 3.05) is 14.2 Å². The summed E-state index contributed by atoms with van der Waals surface area (Å²) in [7, 11) is 2.77. The van der Waals surface area contributed by atoms with Crippen LogP contribution in [0.4, 0.5) is 4.39 Å². The predicted octanol–water partition coefficient (Wildman–Crippen LogP) is 0.922. The smallest absolute Gasteiger partial charge is 0.308 e. The molecule has 12 heavy (non-hydrogen) atoms. The molecule has 0 heterocycles. The molecule has 1 saturated carbocycles. The summed E-state index contributed by atoms with van der Waals surface area (Å²) >= 11 is 0. The molecule has 0 bridgehead atoms. The Kier molecular flexibility index (Phi) is 3.03. The summed E-state index contributed by atoms with van der Waals surface area (Å²) in [6.45, 7) is 0. The second-order valence-corrected chi connectivity index (χ2v) is 2.98. The third-order valence-electron chi connectivity index (χ3n) is 2.27. The molecule has 0 aromatic carbocycles. The highest BCUT2D eigenvalue weighted by molar-refractivity contribution is 5.72. The van der Waals surface area contributed by atoms with Gasteiger partial charge in [0.25, 0.3) is 0 Å². The minimum absolute atomic E-state index is 0.227. The molecule has 3 atom stereocenters. The molecule has 1 fully saturated rings. The molecule has 0 aromatic heterocycles. The molecule has 0 aliphatic heterocycles. The van der Waals surface area contributed by atoms with Crippen LogP contribution in [-0.4, -0.2) is 32.5 Å². The van der Waals surface area contributed by atoms with Gasteiger partial charge in [-0.25, -0.2) is 4.39 Å². The zero-order chi connectivity index (χ0) is 9.14. The highest BCUT2D eigenvalue weighted by atomic mass is 19.1. The van der Waals surface area contributed by atoms with Crippen molar-refractivity contribution in [1.29, 1.82) is 0 Å². The zero-order valence-corrected chi connectivity index (χ0v) is 7.25. The van der Waals surface area contributed by atoms with Crippen molar-refractivity contribution in [2.45, 2.75) is 25.1 Å². The normalized spacial score (nSPS) is 35.1. The Hall–Kier alpha value is -0.640. The Morgan fingerprint density at radius 3 is 2.50 bits per heavy atom. The molecule has 0 amide bonds. The number of carbonyl (C=O) groups is 1. The van der Waals surface area contributed by atoms with Gasteiger partial charge in [0.2, 0.25) is 0 Å². The van der Waals surface area contributed by atoms with Crippen molar-refractivity contribution < 1.29 is 18.7 Å². The van der Waals surface area contributed by atoms with Gasteiger partial charge in [-0.1, -0.05) is 0 Å². The lowest BCUT2D eigenvalue weighted by molar-refractivity contribution is -0.145. The van der Waals surface area contributed by atoms with Gasteiger partial charge < -0.3 is 9.47 Å². The number of hydrogen-bond donors (Lipinski definition) is 0. The molecule has 1 aliphatic carbocycles. The average molecular weight is 176 g/mol. The van der Waals surface area contributed by atoms with Gasteiger partial charge in [0.05, 0.1) is 19.1 Å². The van der Waals surface area contributed by atoms with Gasteiger partial charge in [-0.15, -0.1) is 0 Å². The summed E-state index contributed by atoms with van der Waals surface area (Å²) < 4.78 is 22.4. The van der Waals surface area contributed by atoms with Crippen LogP contribution in [-0.2, 0) is 14.3 Å². The maximum atomic E-state index is 13.0. The fourth-order valence-corrected chi connectivity index (χ4v) is 1.55. The molecule has 0 saturated heterocycles. The second kappa shape index (κ2) is 3.85. The van der Waals surface area contributed by atoms with E-state index in [0.717, 1.165) is 0 Å². The van der Waals surface area contributed by atoms with Crippen molar-refractivity contribution in [3.63, 3.8) is 0 Å². The van der Waals surface area contributed by atoms with Gasteiger partial charge in [0.15, 0.2) is 0 Å². The molecule has 0 spiro atoms. The quantitative estimate of drug-likeness (QED) is 0.587. The second-order valence-electron chi connectivity index (χ2n) is 2.98. The first-order valence-electron chi connectivity index (χ1n) is 3.93. The molecule has 1 aliphatic rings. The van der Waals surface area contributed by atoms with Crippen LogP contribution in [0.5, 0.6) is 0 Å². The lowest BCUT2D eigenvalue weighted by atomic mass is 10.1. The van der Waals surface area contributed by atoms with Crippen LogP contribution in [0.3, 0.4) is 0 Å². The molecule has 1 rings (SSSR count). The van der Waals surface area contributed by atoms with Crippen molar-refractivity contribution in [1.82, 2.24) is 0 Å². The van der Waals surface area contributed by atoms with E-state index in [-0.39, 0.29) is 18.3 Å². The van der Waals surface area contributed by atoms with Gasteiger partial charge in [-0.2, -0.15) is 0 Å². The Morgan fingerprint density at radius 1 is 1.42 bits per heavy atom. The van der Waals surface area contributed by atoms with Gasteiger partial charge in [0.1, 0.15) is 6.17 Å². The van der Waals surface area contributed by atoms with Crippen LogP contribution in [0.1, 0.15) is 12.8 Å². The zero-order valence-electron chi connectivity index (χ0n) is 7.25. The third-order valence-corrected chi connectivity index (χ3v) is 2.27. The van der Waals surface area contributed by atoms with Gasteiger partial charge in [-0.3, -0.25) is 4.79 Å². The summed E-state index contributed by atoms with van der Waals surface area (Å²) in [6, 6.07) is 0. The molecule has 0 N–H and O–H groups in total. The lowest BCUT2D eigenvalue weighted by Crippen LogP contribution is -2.16. The summed E-state index contributed by atoms with van der Waals surface area (Å²) in [6.07, 6.45) is -0.802. The van der Waals surface area contributed by atoms with Gasteiger partial charge in [0, 0.05) is 7.11 Å². The third kappa shape index (κ3) is 1.75. The van der Waals surface area contributed by atoms with Crippen LogP contribution >= 0.6 is 0 Å². The number of esters is 1. The number of halogens is 1. The van der Waals surface area contributed by atoms with Crippen molar-refractivity contribution in [3.8, 4) is 0 Å². The maximum absolute atomic E-state index is 13.0. The maximum Gasteiger partial charge on any atom is 0.308 e. The van der Waals surface area contributed by atoms with E-state index in [9.17, 15) is 9.18 Å². The Morgan fingerprint density at radius 2 is 2.08 bits per heavy atom. The Bertz CT molecular complexity index is 172. The van der Waals surface area contributed by atoms with E-state index in [2.05, 4.69) is 4.74 Å². The first kappa shape index (κ1) is 9.45. The number of ether oxygens (including phenoxy) is 2. The largest absolute Gasteiger partial charge is 0.469 e. The van der Waals surface area contributed by atoms with E-state index < -0.39 is 12.3 Å². The summed E-state index contributed by atoms with van der Waals surface area (Å²) in [5.74, 6) is -0.660. The Labute approximate surface area is 70.8 Å². The minimum Gasteiger partial charge on any atom is -0.469 e.